The van der Waals surface area contributed by atoms with Gasteiger partial charge in [0.25, 0.3) is 0 Å². The molecule has 0 aliphatic heterocycles. The summed E-state index contributed by atoms with van der Waals surface area (Å²) in [6, 6.07) is 7.87. The van der Waals surface area contributed by atoms with Gasteiger partial charge < -0.3 is 14.2 Å². The molecular formula is C23H29AsFNO10. The number of hydrogen-bond donors (Lipinski definition) is 4. The number of phenols is 1. The van der Waals surface area contributed by atoms with Gasteiger partial charge in [-0.05, 0) is 38.0 Å². The minimum Gasteiger partial charge on any atom is -0.494 e. The monoisotopic (exact) mass is 573 g/mol. The van der Waals surface area contributed by atoms with Gasteiger partial charge in [0.2, 0.25) is 0 Å². The molecule has 11 nitrogen and oxygen atoms in total. The second kappa shape index (κ2) is 14.3. The van der Waals surface area contributed by atoms with Crippen molar-refractivity contribution in [3.05, 3.63) is 47.8 Å². The maximum Gasteiger partial charge on any atom is 0.320 e. The number of phenolic OH excluding ortho intramolecular Hbond substituents is 1. The Bertz CT molecular complexity index is 1100. The second-order valence-corrected chi connectivity index (χ2v) is 10.4. The van der Waals surface area contributed by atoms with Crippen LogP contribution >= 0.6 is 0 Å². The number of methoxy groups -OCH3 is 1. The fraction of sp³-hybridized carbons (Fsp3) is 0.348. The molecule has 0 aliphatic carbocycles. The summed E-state index contributed by atoms with van der Waals surface area (Å²) < 4.78 is 56.8. The zero-order valence-corrected chi connectivity index (χ0v) is 22.1. The Kier molecular flexibility index (Phi) is 12.2. The Morgan fingerprint density at radius 2 is 1.64 bits per heavy atom. The van der Waals surface area contributed by atoms with E-state index in [0.29, 0.717) is 5.56 Å². The first-order valence-electron chi connectivity index (χ1n) is 10.7. The smallest absolute Gasteiger partial charge is 0.320 e. The van der Waals surface area contributed by atoms with Crippen molar-refractivity contribution in [2.45, 2.75) is 27.2 Å². The van der Waals surface area contributed by atoms with E-state index in [4.69, 9.17) is 22.4 Å². The van der Waals surface area contributed by atoms with E-state index >= 15 is 0 Å². The Balaban J connectivity index is 0.000000381. The molecule has 0 bridgehead atoms. The van der Waals surface area contributed by atoms with E-state index in [9.17, 15) is 27.6 Å². The average molecular weight is 573 g/mol. The predicted molar refractivity (Wildman–Crippen MR) is 126 cm³/mol. The largest absolute Gasteiger partial charge is 0.494 e. The number of halogens is 1. The molecule has 13 heteroatoms. The molecular weight excluding hydrogens is 544 g/mol. The number of benzene rings is 2. The van der Waals surface area contributed by atoms with Crippen molar-refractivity contribution in [1.29, 1.82) is 0 Å². The Labute approximate surface area is 210 Å². The van der Waals surface area contributed by atoms with E-state index < -0.39 is 43.8 Å². The number of aromatic hydroxyl groups is 1. The van der Waals surface area contributed by atoms with Crippen molar-refractivity contribution >= 4 is 42.1 Å². The zero-order valence-electron chi connectivity index (χ0n) is 20.2. The van der Waals surface area contributed by atoms with E-state index in [1.165, 1.54) is 50.4 Å². The minimum absolute atomic E-state index is 0.0546. The van der Waals surface area contributed by atoms with Gasteiger partial charge >= 0.3 is 100 Å². The molecule has 1 amide bonds. The third-order valence-electron chi connectivity index (χ3n) is 4.43. The van der Waals surface area contributed by atoms with Gasteiger partial charge in [0.1, 0.15) is 0 Å². The van der Waals surface area contributed by atoms with Gasteiger partial charge in [-0.25, -0.2) is 4.39 Å². The quantitative estimate of drug-likeness (QED) is 0.147. The van der Waals surface area contributed by atoms with E-state index in [1.54, 1.807) is 13.8 Å². The van der Waals surface area contributed by atoms with E-state index in [0.717, 1.165) is 0 Å². The number of ether oxygens (including phenoxy) is 3. The van der Waals surface area contributed by atoms with Crippen LogP contribution in [0.4, 0.5) is 10.1 Å². The van der Waals surface area contributed by atoms with Crippen LogP contribution in [-0.2, 0) is 34.0 Å². The summed E-state index contributed by atoms with van der Waals surface area (Å²) in [6.45, 7) is 4.83. The number of esters is 2. The third kappa shape index (κ3) is 9.37. The fourth-order valence-electron chi connectivity index (χ4n) is 2.89. The third-order valence-corrected chi connectivity index (χ3v) is 6.53. The summed E-state index contributed by atoms with van der Waals surface area (Å²) in [7, 11) is 1.34. The molecule has 2 aromatic rings. The topological polar surface area (TPSA) is 169 Å². The number of hydrogen-bond acceptors (Lipinski definition) is 8. The number of nitrogens with one attached hydrogen (secondary N) is 1. The standard InChI is InChI=1S/C15H19FO5.C8H10AsNO5/c1-4-20-14(17)11(15(18)21-5-2)8-10-6-7-12(16)13(9-10)19-3;1-5(11)10-8-6(9(13,14)15)3-2-4-7(8)12/h6-7,9,11H,4-5,8H2,1-3H3;2-4,12H,1H3,(H,10,11)(H2,13,14,15). The molecule has 0 saturated carbocycles. The molecule has 2 rings (SSSR count). The first-order valence-corrected chi connectivity index (χ1v) is 14.0. The van der Waals surface area contributed by atoms with Gasteiger partial charge in [0, 0.05) is 0 Å². The van der Waals surface area contributed by atoms with Gasteiger partial charge in [0.05, 0.1) is 20.3 Å². The van der Waals surface area contributed by atoms with Crippen molar-refractivity contribution in [2.75, 3.05) is 25.6 Å². The van der Waals surface area contributed by atoms with Crippen LogP contribution in [0.2, 0.25) is 0 Å². The van der Waals surface area contributed by atoms with Gasteiger partial charge in [-0.3, -0.25) is 9.59 Å². The number of rotatable bonds is 9. The summed E-state index contributed by atoms with van der Waals surface area (Å²) in [5.41, 5.74) is 0.358. The van der Waals surface area contributed by atoms with E-state index in [2.05, 4.69) is 5.32 Å². The molecule has 0 atom stereocenters. The maximum atomic E-state index is 13.4. The molecule has 0 aromatic heterocycles. The number of carbonyl (C=O) groups excluding carboxylic acids is 3. The van der Waals surface area contributed by atoms with Crippen LogP contribution in [0.25, 0.3) is 0 Å². The minimum atomic E-state index is -5.14. The van der Waals surface area contributed by atoms with Crippen molar-refractivity contribution < 1.29 is 50.0 Å². The summed E-state index contributed by atoms with van der Waals surface area (Å²) in [5.74, 6) is -3.71. The molecule has 0 spiro atoms. The molecule has 4 N–H and O–H groups in total. The predicted octanol–water partition coefficient (Wildman–Crippen LogP) is 1.03. The normalized spacial score (nSPS) is 10.7. The SMILES string of the molecule is CC(=O)Nc1c(O)cccc1[As](=O)(O)O.CCOC(=O)C(Cc1ccc(F)c(OC)c1)C(=O)OCC. The molecule has 0 saturated heterocycles. The van der Waals surface area contributed by atoms with Gasteiger partial charge in [0.15, 0.2) is 17.5 Å². The zero-order chi connectivity index (χ0) is 27.5. The maximum absolute atomic E-state index is 13.4. The second-order valence-electron chi connectivity index (χ2n) is 7.13. The van der Waals surface area contributed by atoms with Crippen molar-refractivity contribution in [2.24, 2.45) is 5.92 Å². The van der Waals surface area contributed by atoms with Crippen molar-refractivity contribution in [3.8, 4) is 11.5 Å². The van der Waals surface area contributed by atoms with E-state index in [1.807, 2.05) is 0 Å². The molecule has 0 fully saturated rings. The molecule has 0 heterocycles. The Morgan fingerprint density at radius 1 is 1.06 bits per heavy atom. The molecule has 0 radical (unpaired) electrons. The van der Waals surface area contributed by atoms with Gasteiger partial charge in [-0.2, -0.15) is 0 Å². The van der Waals surface area contributed by atoms with Crippen LogP contribution in [0.3, 0.4) is 0 Å². The number of anilines is 1. The van der Waals surface area contributed by atoms with Crippen LogP contribution in [0.5, 0.6) is 11.5 Å². The molecule has 36 heavy (non-hydrogen) atoms. The average Bonchev–Trinajstić information content (AvgIpc) is 2.79. The first kappa shape index (κ1) is 30.7. The Morgan fingerprint density at radius 3 is 2.11 bits per heavy atom. The van der Waals surface area contributed by atoms with Crippen LogP contribution < -0.4 is 14.4 Å². The van der Waals surface area contributed by atoms with Crippen LogP contribution in [0.15, 0.2) is 36.4 Å². The van der Waals surface area contributed by atoms with Crippen LogP contribution in [0, 0.1) is 11.7 Å². The summed E-state index contributed by atoms with van der Waals surface area (Å²) in [6.07, 6.45) is 0.0638. The van der Waals surface area contributed by atoms with Crippen LogP contribution in [-0.4, -0.2) is 65.6 Å². The molecule has 0 unspecified atom stereocenters. The molecule has 0 aliphatic rings. The molecule has 198 valence electrons. The number of amides is 1. The number of carbonyl (C=O) groups is 3. The fourth-order valence-corrected chi connectivity index (χ4v) is 4.45. The van der Waals surface area contributed by atoms with Crippen molar-refractivity contribution in [1.82, 2.24) is 0 Å². The molecule has 2 aromatic carbocycles. The summed E-state index contributed by atoms with van der Waals surface area (Å²) >= 11 is -5.14. The van der Waals surface area contributed by atoms with Crippen LogP contribution in [0.1, 0.15) is 26.3 Å². The van der Waals surface area contributed by atoms with Gasteiger partial charge in [-0.1, -0.05) is 6.07 Å². The summed E-state index contributed by atoms with van der Waals surface area (Å²) in [4.78, 5) is 34.5. The van der Waals surface area contributed by atoms with Crippen molar-refractivity contribution in [3.63, 3.8) is 0 Å². The van der Waals surface area contributed by atoms with E-state index in [-0.39, 0.29) is 41.2 Å². The number of para-hydroxylation sites is 1. The summed E-state index contributed by atoms with van der Waals surface area (Å²) in [5, 5.41) is 11.5. The van der Waals surface area contributed by atoms with Gasteiger partial charge in [-0.15, -0.1) is 0 Å². The Hall–Kier alpha value is -3.34. The first-order chi connectivity index (χ1) is 16.8.